The van der Waals surface area contributed by atoms with Gasteiger partial charge in [0.15, 0.2) is 5.75 Å². The van der Waals surface area contributed by atoms with Crippen LogP contribution in [-0.2, 0) is 32.2 Å². The highest BCUT2D eigenvalue weighted by Crippen LogP contribution is 2.32. The summed E-state index contributed by atoms with van der Waals surface area (Å²) in [6.07, 6.45) is -5.13. The number of hydrogen-bond donors (Lipinski definition) is 1. The van der Waals surface area contributed by atoms with Gasteiger partial charge in [0.1, 0.15) is 11.6 Å². The average molecular weight is 678 g/mol. The maximum atomic E-state index is 13.2. The van der Waals surface area contributed by atoms with Crippen molar-refractivity contribution in [1.29, 1.82) is 0 Å². The van der Waals surface area contributed by atoms with Crippen molar-refractivity contribution in [3.63, 3.8) is 0 Å². The third kappa shape index (κ3) is 8.51. The Hall–Kier alpha value is -4.83. The number of alkyl halides is 3. The van der Waals surface area contributed by atoms with E-state index in [1.165, 1.54) is 32.9 Å². The van der Waals surface area contributed by atoms with Gasteiger partial charge in [-0.2, -0.15) is 17.9 Å². The molecule has 47 heavy (non-hydrogen) atoms. The number of fused-ring (bicyclic) bond motifs is 1. The summed E-state index contributed by atoms with van der Waals surface area (Å²) in [6.45, 7) is 4.46. The van der Waals surface area contributed by atoms with E-state index in [0.29, 0.717) is 12.1 Å². The number of ether oxygens (including phenoxy) is 2. The molecule has 0 unspecified atom stereocenters. The second kappa shape index (κ2) is 13.5. The lowest BCUT2D eigenvalue weighted by Gasteiger charge is -2.25. The molecular formula is C31H30F3N3O9S. The topological polar surface area (TPSA) is 162 Å². The predicted molar refractivity (Wildman–Crippen MR) is 160 cm³/mol. The number of amides is 2. The van der Waals surface area contributed by atoms with Crippen LogP contribution in [0.5, 0.6) is 5.75 Å². The molecule has 1 heterocycles. The molecule has 0 bridgehead atoms. The van der Waals surface area contributed by atoms with Crippen molar-refractivity contribution >= 4 is 33.5 Å². The molecule has 4 rings (SSSR count). The molecule has 1 aliphatic rings. The number of esters is 1. The normalized spacial score (nSPS) is 14.1. The molecule has 0 saturated heterocycles. The van der Waals surface area contributed by atoms with Crippen molar-refractivity contribution in [2.45, 2.75) is 56.3 Å². The van der Waals surface area contributed by atoms with E-state index < -0.39 is 73.1 Å². The molecule has 250 valence electrons. The molecule has 0 fully saturated rings. The van der Waals surface area contributed by atoms with E-state index in [1.54, 1.807) is 24.3 Å². The number of nitro groups is 1. The number of nitrogens with zero attached hydrogens (tertiary/aromatic N) is 2. The molecule has 0 spiro atoms. The fourth-order valence-electron chi connectivity index (χ4n) is 4.68. The molecular weight excluding hydrogens is 647 g/mol. The zero-order valence-corrected chi connectivity index (χ0v) is 26.2. The lowest BCUT2D eigenvalue weighted by molar-refractivity contribution is -0.385. The molecule has 1 atom stereocenters. The van der Waals surface area contributed by atoms with Crippen molar-refractivity contribution in [3.05, 3.63) is 99.1 Å². The van der Waals surface area contributed by atoms with Gasteiger partial charge in [-0.1, -0.05) is 24.3 Å². The highest BCUT2D eigenvalue weighted by atomic mass is 32.2. The number of rotatable bonds is 12. The van der Waals surface area contributed by atoms with Crippen LogP contribution in [0.2, 0.25) is 0 Å². The van der Waals surface area contributed by atoms with Crippen LogP contribution in [0.1, 0.15) is 59.0 Å². The van der Waals surface area contributed by atoms with Crippen LogP contribution in [0.3, 0.4) is 0 Å². The van der Waals surface area contributed by atoms with Crippen molar-refractivity contribution in [2.24, 2.45) is 0 Å². The van der Waals surface area contributed by atoms with Crippen molar-refractivity contribution in [3.8, 4) is 5.75 Å². The Kier molecular flexibility index (Phi) is 10.1. The first-order valence-corrected chi connectivity index (χ1v) is 15.6. The van der Waals surface area contributed by atoms with Gasteiger partial charge in [-0.3, -0.25) is 29.4 Å². The van der Waals surface area contributed by atoms with Crippen LogP contribution < -0.4 is 9.46 Å². The Labute approximate surface area is 267 Å². The maximum absolute atomic E-state index is 13.2. The van der Waals surface area contributed by atoms with E-state index in [4.69, 9.17) is 9.47 Å². The van der Waals surface area contributed by atoms with Crippen LogP contribution in [0.15, 0.2) is 71.6 Å². The first-order valence-electron chi connectivity index (χ1n) is 14.2. The monoisotopic (exact) mass is 677 g/mol. The second-order valence-electron chi connectivity index (χ2n) is 11.5. The van der Waals surface area contributed by atoms with E-state index in [2.05, 4.69) is 4.72 Å². The Morgan fingerprint density at radius 1 is 0.979 bits per heavy atom. The average Bonchev–Trinajstić information content (AvgIpc) is 3.23. The molecule has 0 saturated carbocycles. The summed E-state index contributed by atoms with van der Waals surface area (Å²) in [5, 5.41) is 11.9. The Morgan fingerprint density at radius 2 is 1.62 bits per heavy atom. The first-order chi connectivity index (χ1) is 21.9. The number of nitrogens with one attached hydrogen (secondary N) is 1. The van der Waals surface area contributed by atoms with Crippen molar-refractivity contribution in [1.82, 2.24) is 9.62 Å². The first kappa shape index (κ1) is 35.0. The summed E-state index contributed by atoms with van der Waals surface area (Å²) < 4.78 is 78.8. The predicted octanol–water partition coefficient (Wildman–Crippen LogP) is 4.91. The van der Waals surface area contributed by atoms with Gasteiger partial charge in [-0.05, 0) is 75.6 Å². The lowest BCUT2D eigenvalue weighted by Crippen LogP contribution is -2.45. The van der Waals surface area contributed by atoms with Crippen LogP contribution in [0.25, 0.3) is 0 Å². The standard InChI is InChI=1S/C31H30F3N3O9S/c1-30(2,3)46-29(40)24(35-47(43,44)21-9-6-8-20(18-21)31(32,33)34)16-19-12-13-26(25(17-19)37(41)42)45-15-7-14-36-27(38)22-10-4-5-11-23(22)28(36)39/h4-6,8-13,17-18,24,35H,7,14-16H2,1-3H3/t24-/m0/s1. The number of hydrogen-bond acceptors (Lipinski definition) is 9. The summed E-state index contributed by atoms with van der Waals surface area (Å²) in [6, 6.07) is 11.3. The number of imide groups is 1. The Balaban J connectivity index is 1.49. The fraction of sp³-hybridized carbons (Fsp3) is 0.323. The molecule has 1 N–H and O–H groups in total. The van der Waals surface area contributed by atoms with Crippen LogP contribution in [0.4, 0.5) is 18.9 Å². The summed E-state index contributed by atoms with van der Waals surface area (Å²) in [7, 11) is -4.71. The summed E-state index contributed by atoms with van der Waals surface area (Å²) in [5.74, 6) is -2.14. The summed E-state index contributed by atoms with van der Waals surface area (Å²) >= 11 is 0. The molecule has 3 aromatic carbocycles. The number of sulfonamides is 1. The molecule has 0 radical (unpaired) electrons. The van der Waals surface area contributed by atoms with Gasteiger partial charge in [0.25, 0.3) is 11.8 Å². The molecule has 0 aliphatic carbocycles. The van der Waals surface area contributed by atoms with E-state index in [9.17, 15) is 46.1 Å². The van der Waals surface area contributed by atoms with Gasteiger partial charge >= 0.3 is 17.8 Å². The van der Waals surface area contributed by atoms with Gasteiger partial charge in [-0.15, -0.1) is 0 Å². The highest BCUT2D eigenvalue weighted by molar-refractivity contribution is 7.89. The van der Waals surface area contributed by atoms with Gasteiger partial charge in [0.2, 0.25) is 10.0 Å². The second-order valence-corrected chi connectivity index (χ2v) is 13.2. The number of benzene rings is 3. The minimum Gasteiger partial charge on any atom is -0.487 e. The quantitative estimate of drug-likeness (QED) is 0.0923. The molecule has 3 aromatic rings. The van der Waals surface area contributed by atoms with Crippen LogP contribution >= 0.6 is 0 Å². The van der Waals surface area contributed by atoms with Crippen molar-refractivity contribution < 1.29 is 50.4 Å². The Morgan fingerprint density at radius 3 is 2.19 bits per heavy atom. The number of nitro benzene ring substituents is 1. The maximum Gasteiger partial charge on any atom is 0.416 e. The van der Waals surface area contributed by atoms with E-state index >= 15 is 0 Å². The molecule has 16 heteroatoms. The number of carbonyl (C=O) groups is 3. The number of carbonyl (C=O) groups excluding carboxylic acids is 3. The molecule has 2 amide bonds. The van der Waals surface area contributed by atoms with Gasteiger partial charge < -0.3 is 9.47 Å². The third-order valence-electron chi connectivity index (χ3n) is 6.78. The van der Waals surface area contributed by atoms with Crippen LogP contribution in [-0.4, -0.2) is 60.8 Å². The molecule has 12 nitrogen and oxygen atoms in total. The summed E-state index contributed by atoms with van der Waals surface area (Å²) in [5.41, 5.74) is -2.14. The largest absolute Gasteiger partial charge is 0.487 e. The van der Waals surface area contributed by atoms with Gasteiger partial charge in [-0.25, -0.2) is 8.42 Å². The van der Waals surface area contributed by atoms with E-state index in [0.717, 1.165) is 23.1 Å². The highest BCUT2D eigenvalue weighted by Gasteiger charge is 2.36. The van der Waals surface area contributed by atoms with Gasteiger partial charge in [0, 0.05) is 12.6 Å². The SMILES string of the molecule is CC(C)(C)OC(=O)[C@H](Cc1ccc(OCCCN2C(=O)c3ccccc3C2=O)c([N+](=O)[O-])c1)NS(=O)(=O)c1cccc(C(F)(F)F)c1. The van der Waals surface area contributed by atoms with Crippen LogP contribution in [0, 0.1) is 10.1 Å². The van der Waals surface area contributed by atoms with E-state index in [1.807, 2.05) is 0 Å². The minimum absolute atomic E-state index is 0.00180. The van der Waals surface area contributed by atoms with Crippen molar-refractivity contribution in [2.75, 3.05) is 13.2 Å². The molecule has 1 aliphatic heterocycles. The summed E-state index contributed by atoms with van der Waals surface area (Å²) in [4.78, 5) is 49.6. The van der Waals surface area contributed by atoms with E-state index in [-0.39, 0.29) is 42.0 Å². The Bertz CT molecular complexity index is 1790. The number of halogens is 3. The molecule has 0 aromatic heterocycles. The fourth-order valence-corrected chi connectivity index (χ4v) is 5.91. The lowest BCUT2D eigenvalue weighted by atomic mass is 10.0. The zero-order chi connectivity index (χ0) is 34.7. The zero-order valence-electron chi connectivity index (χ0n) is 25.4. The minimum atomic E-state index is -4.83. The smallest absolute Gasteiger partial charge is 0.416 e. The van der Waals surface area contributed by atoms with Gasteiger partial charge in [0.05, 0.1) is 33.1 Å². The third-order valence-corrected chi connectivity index (χ3v) is 8.25.